The Kier molecular flexibility index (Phi) is 4.42. The van der Waals surface area contributed by atoms with Crippen LogP contribution in [0.4, 0.5) is 0 Å². The third-order valence-corrected chi connectivity index (χ3v) is 4.11. The fourth-order valence-electron chi connectivity index (χ4n) is 2.62. The maximum absolute atomic E-state index is 12.7. The van der Waals surface area contributed by atoms with E-state index in [4.69, 9.17) is 15.6 Å². The summed E-state index contributed by atoms with van der Waals surface area (Å²) in [6, 6.07) is 0.220. The first-order valence-corrected chi connectivity index (χ1v) is 6.90. The molecule has 0 atom stereocenters. The van der Waals surface area contributed by atoms with Gasteiger partial charge >= 0.3 is 5.97 Å². The molecule has 1 saturated heterocycles. The maximum Gasteiger partial charge on any atom is 0.305 e. The molecule has 1 aliphatic carbocycles. The minimum Gasteiger partial charge on any atom is -0.481 e. The second-order valence-electron chi connectivity index (χ2n) is 5.47. The van der Waals surface area contributed by atoms with Gasteiger partial charge in [0.2, 0.25) is 5.91 Å². The topological polar surface area (TPSA) is 92.9 Å². The zero-order valence-electron chi connectivity index (χ0n) is 11.1. The van der Waals surface area contributed by atoms with Gasteiger partial charge in [-0.15, -0.1) is 0 Å². The van der Waals surface area contributed by atoms with Crippen LogP contribution in [0.3, 0.4) is 0 Å². The monoisotopic (exact) mass is 270 g/mol. The van der Waals surface area contributed by atoms with Crippen molar-refractivity contribution in [2.45, 2.75) is 38.1 Å². The molecule has 6 nitrogen and oxygen atoms in total. The predicted octanol–water partition coefficient (Wildman–Crippen LogP) is 0.208. The van der Waals surface area contributed by atoms with Gasteiger partial charge in [-0.3, -0.25) is 9.59 Å². The summed E-state index contributed by atoms with van der Waals surface area (Å²) >= 11 is 0. The highest BCUT2D eigenvalue weighted by Crippen LogP contribution is 2.36. The van der Waals surface area contributed by atoms with E-state index >= 15 is 0 Å². The SMILES string of the molecule is NCC1(C(=O)N(CCC(=O)O)C2CC2)CCOCC1. The Morgan fingerprint density at radius 1 is 1.32 bits per heavy atom. The molecule has 0 bridgehead atoms. The summed E-state index contributed by atoms with van der Waals surface area (Å²) in [4.78, 5) is 25.2. The Morgan fingerprint density at radius 2 is 1.95 bits per heavy atom. The van der Waals surface area contributed by atoms with Crippen molar-refractivity contribution in [2.24, 2.45) is 11.1 Å². The summed E-state index contributed by atoms with van der Waals surface area (Å²) in [7, 11) is 0. The first kappa shape index (κ1) is 14.3. The number of nitrogens with two attached hydrogens (primary N) is 1. The minimum absolute atomic E-state index is 0.000604. The van der Waals surface area contributed by atoms with Crippen molar-refractivity contribution in [3.63, 3.8) is 0 Å². The average molecular weight is 270 g/mol. The number of hydrogen-bond acceptors (Lipinski definition) is 4. The summed E-state index contributed by atoms with van der Waals surface area (Å²) in [6.45, 7) is 1.72. The lowest BCUT2D eigenvalue weighted by Crippen LogP contribution is -2.52. The standard InChI is InChI=1S/C13H22N2O4/c14-9-13(4-7-19-8-5-13)12(18)15(10-1-2-10)6-3-11(16)17/h10H,1-9,14H2,(H,16,17). The minimum atomic E-state index is -0.868. The Hall–Kier alpha value is -1.14. The molecule has 0 spiro atoms. The van der Waals surface area contributed by atoms with Crippen molar-refractivity contribution >= 4 is 11.9 Å². The number of carboxylic acid groups (broad SMARTS) is 1. The summed E-state index contributed by atoms with van der Waals surface area (Å²) in [5.41, 5.74) is 5.29. The van der Waals surface area contributed by atoms with Crippen molar-refractivity contribution < 1.29 is 19.4 Å². The molecular formula is C13H22N2O4. The van der Waals surface area contributed by atoms with Crippen LogP contribution in [0.15, 0.2) is 0 Å². The first-order valence-electron chi connectivity index (χ1n) is 6.90. The van der Waals surface area contributed by atoms with E-state index in [9.17, 15) is 9.59 Å². The fourth-order valence-corrected chi connectivity index (χ4v) is 2.62. The molecule has 3 N–H and O–H groups in total. The van der Waals surface area contributed by atoms with E-state index in [1.165, 1.54) is 0 Å². The highest BCUT2D eigenvalue weighted by Gasteiger charge is 2.45. The number of carboxylic acids is 1. The number of carbonyl (C=O) groups excluding carboxylic acids is 1. The molecule has 2 fully saturated rings. The Bertz CT molecular complexity index is 349. The molecule has 2 rings (SSSR count). The smallest absolute Gasteiger partial charge is 0.305 e. The molecule has 108 valence electrons. The van der Waals surface area contributed by atoms with Gasteiger partial charge in [0.1, 0.15) is 0 Å². The quantitative estimate of drug-likeness (QED) is 0.719. The summed E-state index contributed by atoms with van der Waals surface area (Å²) in [6.07, 6.45) is 3.22. The van der Waals surface area contributed by atoms with Gasteiger partial charge in [-0.25, -0.2) is 0 Å². The Labute approximate surface area is 112 Å². The lowest BCUT2D eigenvalue weighted by atomic mass is 9.78. The molecule has 1 saturated carbocycles. The molecule has 19 heavy (non-hydrogen) atoms. The predicted molar refractivity (Wildman–Crippen MR) is 68.5 cm³/mol. The van der Waals surface area contributed by atoms with Crippen molar-refractivity contribution in [2.75, 3.05) is 26.3 Å². The van der Waals surface area contributed by atoms with E-state index in [2.05, 4.69) is 0 Å². The van der Waals surface area contributed by atoms with Crippen LogP contribution >= 0.6 is 0 Å². The van der Waals surface area contributed by atoms with Gasteiger partial charge in [0, 0.05) is 32.3 Å². The van der Waals surface area contributed by atoms with E-state index in [0.717, 1.165) is 12.8 Å². The van der Waals surface area contributed by atoms with Crippen LogP contribution in [-0.4, -0.2) is 54.2 Å². The molecule has 6 heteroatoms. The van der Waals surface area contributed by atoms with Gasteiger partial charge in [0.25, 0.3) is 0 Å². The van der Waals surface area contributed by atoms with Gasteiger partial charge < -0.3 is 20.5 Å². The highest BCUT2D eigenvalue weighted by molar-refractivity contribution is 5.84. The highest BCUT2D eigenvalue weighted by atomic mass is 16.5. The van der Waals surface area contributed by atoms with Crippen molar-refractivity contribution in [1.82, 2.24) is 4.90 Å². The zero-order valence-corrected chi connectivity index (χ0v) is 11.1. The van der Waals surface area contributed by atoms with E-state index in [0.29, 0.717) is 39.1 Å². The Balaban J connectivity index is 2.06. The summed E-state index contributed by atoms with van der Waals surface area (Å²) in [5, 5.41) is 8.80. The van der Waals surface area contributed by atoms with Crippen LogP contribution < -0.4 is 5.73 Å². The average Bonchev–Trinajstić information content (AvgIpc) is 3.24. The van der Waals surface area contributed by atoms with Gasteiger partial charge in [-0.05, 0) is 25.7 Å². The molecule has 0 aromatic rings. The van der Waals surface area contributed by atoms with Crippen LogP contribution in [0.5, 0.6) is 0 Å². The second kappa shape index (κ2) is 5.88. The molecule has 1 amide bonds. The summed E-state index contributed by atoms with van der Waals surface area (Å²) < 4.78 is 5.31. The van der Waals surface area contributed by atoms with Gasteiger partial charge in [0.05, 0.1) is 11.8 Å². The van der Waals surface area contributed by atoms with Gasteiger partial charge in [-0.2, -0.15) is 0 Å². The van der Waals surface area contributed by atoms with Crippen molar-refractivity contribution in [3.05, 3.63) is 0 Å². The second-order valence-corrected chi connectivity index (χ2v) is 5.47. The normalized spacial score (nSPS) is 21.9. The molecule has 0 unspecified atom stereocenters. The maximum atomic E-state index is 12.7. The number of carbonyl (C=O) groups is 2. The zero-order chi connectivity index (χ0) is 13.9. The van der Waals surface area contributed by atoms with Crippen LogP contribution in [0.1, 0.15) is 32.1 Å². The lowest BCUT2D eigenvalue weighted by Gasteiger charge is -2.39. The molecule has 0 aromatic heterocycles. The number of aliphatic carboxylic acids is 1. The van der Waals surface area contributed by atoms with E-state index in [-0.39, 0.29) is 18.4 Å². The van der Waals surface area contributed by atoms with E-state index < -0.39 is 11.4 Å². The lowest BCUT2D eigenvalue weighted by molar-refractivity contribution is -0.148. The van der Waals surface area contributed by atoms with Crippen LogP contribution in [0, 0.1) is 5.41 Å². The number of ether oxygens (including phenoxy) is 1. The van der Waals surface area contributed by atoms with Crippen molar-refractivity contribution in [3.8, 4) is 0 Å². The molecule has 1 aliphatic heterocycles. The molecule has 2 aliphatic rings. The van der Waals surface area contributed by atoms with Crippen LogP contribution in [-0.2, 0) is 14.3 Å². The largest absolute Gasteiger partial charge is 0.481 e. The number of hydrogen-bond donors (Lipinski definition) is 2. The van der Waals surface area contributed by atoms with Crippen molar-refractivity contribution in [1.29, 1.82) is 0 Å². The third-order valence-electron chi connectivity index (χ3n) is 4.11. The molecular weight excluding hydrogens is 248 g/mol. The first-order chi connectivity index (χ1) is 9.09. The fraction of sp³-hybridized carbons (Fsp3) is 0.846. The van der Waals surface area contributed by atoms with Gasteiger partial charge in [-0.1, -0.05) is 0 Å². The Morgan fingerprint density at radius 3 is 2.42 bits per heavy atom. The number of nitrogens with zero attached hydrogens (tertiary/aromatic N) is 1. The van der Waals surface area contributed by atoms with E-state index in [1.807, 2.05) is 0 Å². The van der Waals surface area contributed by atoms with Crippen LogP contribution in [0.2, 0.25) is 0 Å². The molecule has 0 aromatic carbocycles. The third kappa shape index (κ3) is 3.25. The van der Waals surface area contributed by atoms with Gasteiger partial charge in [0.15, 0.2) is 0 Å². The molecule has 0 radical (unpaired) electrons. The number of rotatable bonds is 6. The summed E-state index contributed by atoms with van der Waals surface area (Å²) in [5.74, 6) is -0.839. The molecule has 1 heterocycles. The van der Waals surface area contributed by atoms with E-state index in [1.54, 1.807) is 4.90 Å². The number of amides is 1. The van der Waals surface area contributed by atoms with Crippen LogP contribution in [0.25, 0.3) is 0 Å².